The minimum atomic E-state index is -0.642. The van der Waals surface area contributed by atoms with Gasteiger partial charge in [-0.3, -0.25) is 4.79 Å². The van der Waals surface area contributed by atoms with Crippen molar-refractivity contribution < 1.29 is 4.74 Å². The van der Waals surface area contributed by atoms with Crippen molar-refractivity contribution in [3.8, 4) is 11.8 Å². The van der Waals surface area contributed by atoms with E-state index >= 15 is 0 Å². The van der Waals surface area contributed by atoms with Crippen LogP contribution >= 0.6 is 11.6 Å². The van der Waals surface area contributed by atoms with Crippen LogP contribution in [0.25, 0.3) is 0 Å². The Bertz CT molecular complexity index is 938. The zero-order chi connectivity index (χ0) is 16.7. The number of nitriles is 1. The van der Waals surface area contributed by atoms with E-state index in [1.807, 2.05) is 0 Å². The van der Waals surface area contributed by atoms with Crippen LogP contribution in [0.15, 0.2) is 46.6 Å². The maximum atomic E-state index is 12.8. The Labute approximate surface area is 138 Å². The fraction of sp³-hybridized carbons (Fsp3) is 0.176. The molecule has 1 aliphatic rings. The van der Waals surface area contributed by atoms with Gasteiger partial charge in [0.1, 0.15) is 17.4 Å². The van der Waals surface area contributed by atoms with Crippen molar-refractivity contribution in [2.24, 2.45) is 12.8 Å². The lowest BCUT2D eigenvalue weighted by Gasteiger charge is -2.27. The third-order valence-corrected chi connectivity index (χ3v) is 4.41. The predicted octanol–water partition coefficient (Wildman–Crippen LogP) is 2.57. The monoisotopic (exact) mass is 327 g/mol. The van der Waals surface area contributed by atoms with E-state index < -0.39 is 5.92 Å². The van der Waals surface area contributed by atoms with Gasteiger partial charge in [0, 0.05) is 23.8 Å². The number of halogens is 1. The topological polar surface area (TPSA) is 81.0 Å². The summed E-state index contributed by atoms with van der Waals surface area (Å²) in [6.45, 7) is 1.80. The summed E-state index contributed by atoms with van der Waals surface area (Å²) in [6, 6.07) is 10.9. The number of pyridine rings is 1. The summed E-state index contributed by atoms with van der Waals surface area (Å²) >= 11 is 6.29. The number of aryl methyl sites for hydroxylation is 1. The number of nitrogens with two attached hydrogens (primary N) is 1. The van der Waals surface area contributed by atoms with Crippen LogP contribution in [0.1, 0.15) is 22.7 Å². The number of aromatic nitrogens is 1. The zero-order valence-electron chi connectivity index (χ0n) is 12.6. The summed E-state index contributed by atoms with van der Waals surface area (Å²) in [5.74, 6) is -0.277. The molecule has 2 aromatic rings. The van der Waals surface area contributed by atoms with E-state index in [0.29, 0.717) is 21.9 Å². The van der Waals surface area contributed by atoms with Crippen LogP contribution in [0.4, 0.5) is 0 Å². The van der Waals surface area contributed by atoms with Crippen molar-refractivity contribution in [3.63, 3.8) is 0 Å². The molecule has 6 heteroatoms. The molecular formula is C17H14ClN3O2. The van der Waals surface area contributed by atoms with Gasteiger partial charge in [-0.05, 0) is 18.6 Å². The van der Waals surface area contributed by atoms with E-state index in [0.717, 1.165) is 5.69 Å². The molecule has 0 aliphatic carbocycles. The van der Waals surface area contributed by atoms with Crippen LogP contribution in [0.3, 0.4) is 0 Å². The van der Waals surface area contributed by atoms with Gasteiger partial charge in [0.15, 0.2) is 0 Å². The number of nitrogens with zero attached hydrogens (tertiary/aromatic N) is 2. The summed E-state index contributed by atoms with van der Waals surface area (Å²) in [5, 5.41) is 9.97. The highest BCUT2D eigenvalue weighted by atomic mass is 35.5. The molecule has 0 saturated carbocycles. The number of ether oxygens (including phenoxy) is 1. The fourth-order valence-corrected chi connectivity index (χ4v) is 3.01. The Morgan fingerprint density at radius 3 is 2.74 bits per heavy atom. The molecule has 23 heavy (non-hydrogen) atoms. The lowest BCUT2D eigenvalue weighted by Crippen LogP contribution is -2.31. The lowest BCUT2D eigenvalue weighted by atomic mass is 9.84. The molecule has 1 aliphatic heterocycles. The molecule has 116 valence electrons. The average Bonchev–Trinajstić information content (AvgIpc) is 2.52. The molecule has 2 heterocycles. The number of fused-ring (bicyclic) bond motifs is 1. The Morgan fingerprint density at radius 1 is 1.39 bits per heavy atom. The summed E-state index contributed by atoms with van der Waals surface area (Å²) < 4.78 is 7.04. The predicted molar refractivity (Wildman–Crippen MR) is 87.2 cm³/mol. The number of hydrogen-bond acceptors (Lipinski definition) is 4. The van der Waals surface area contributed by atoms with Crippen LogP contribution in [-0.2, 0) is 7.05 Å². The van der Waals surface area contributed by atoms with Gasteiger partial charge in [-0.2, -0.15) is 5.26 Å². The molecule has 1 aromatic carbocycles. The third-order valence-electron chi connectivity index (χ3n) is 4.07. The molecule has 1 aromatic heterocycles. The molecule has 0 amide bonds. The van der Waals surface area contributed by atoms with E-state index in [2.05, 4.69) is 6.07 Å². The third kappa shape index (κ3) is 2.28. The molecule has 0 saturated heterocycles. The second-order valence-corrected chi connectivity index (χ2v) is 5.78. The normalized spacial score (nSPS) is 16.5. The van der Waals surface area contributed by atoms with Gasteiger partial charge in [-0.1, -0.05) is 29.8 Å². The van der Waals surface area contributed by atoms with Crippen molar-refractivity contribution in [1.29, 1.82) is 5.26 Å². The highest BCUT2D eigenvalue weighted by Crippen LogP contribution is 2.42. The van der Waals surface area contributed by atoms with E-state index in [-0.39, 0.29) is 17.0 Å². The van der Waals surface area contributed by atoms with Gasteiger partial charge in [0.05, 0.1) is 11.5 Å². The molecular weight excluding hydrogens is 314 g/mol. The number of allylic oxidation sites excluding steroid dienone is 1. The number of benzene rings is 1. The molecule has 2 N–H and O–H groups in total. The quantitative estimate of drug-likeness (QED) is 0.872. The molecule has 0 unspecified atom stereocenters. The van der Waals surface area contributed by atoms with Crippen LogP contribution in [0, 0.1) is 18.3 Å². The van der Waals surface area contributed by atoms with Gasteiger partial charge in [0.2, 0.25) is 5.88 Å². The van der Waals surface area contributed by atoms with Gasteiger partial charge in [-0.25, -0.2) is 0 Å². The number of hydrogen-bond donors (Lipinski definition) is 1. The van der Waals surface area contributed by atoms with Crippen molar-refractivity contribution in [3.05, 3.63) is 74.0 Å². The maximum absolute atomic E-state index is 12.8. The highest BCUT2D eigenvalue weighted by molar-refractivity contribution is 6.31. The molecule has 5 nitrogen and oxygen atoms in total. The smallest absolute Gasteiger partial charge is 0.258 e. The maximum Gasteiger partial charge on any atom is 0.258 e. The van der Waals surface area contributed by atoms with Crippen molar-refractivity contribution in [2.45, 2.75) is 12.8 Å². The fourth-order valence-electron chi connectivity index (χ4n) is 2.76. The van der Waals surface area contributed by atoms with Crippen LogP contribution < -0.4 is 16.0 Å². The Hall–Kier alpha value is -2.71. The first-order chi connectivity index (χ1) is 11.0. The van der Waals surface area contributed by atoms with Crippen LogP contribution in [-0.4, -0.2) is 4.57 Å². The standard InChI is InChI=1S/C17H14ClN3O2/c1-9-7-13-15(17(22)21(9)2)14(11(8-19)16(20)23-13)10-5-3-4-6-12(10)18/h3-7,14H,20H2,1-2H3/t14-/m0/s1. The minimum Gasteiger partial charge on any atom is -0.440 e. The SMILES string of the molecule is Cc1cc2c(c(=O)n1C)[C@@H](c1ccccc1Cl)C(C#N)=C(N)O2. The van der Waals surface area contributed by atoms with Gasteiger partial charge in [-0.15, -0.1) is 0 Å². The Morgan fingerprint density at radius 2 is 2.09 bits per heavy atom. The Kier molecular flexibility index (Phi) is 3.63. The second kappa shape index (κ2) is 5.49. The molecule has 0 fully saturated rings. The summed E-state index contributed by atoms with van der Waals surface area (Å²) in [6.07, 6.45) is 0. The van der Waals surface area contributed by atoms with Gasteiger partial charge >= 0.3 is 0 Å². The highest BCUT2D eigenvalue weighted by Gasteiger charge is 2.34. The summed E-state index contributed by atoms with van der Waals surface area (Å²) in [5.41, 5.74) is 7.62. The summed E-state index contributed by atoms with van der Waals surface area (Å²) in [7, 11) is 1.68. The van der Waals surface area contributed by atoms with Gasteiger partial charge < -0.3 is 15.0 Å². The molecule has 3 rings (SSSR count). The lowest BCUT2D eigenvalue weighted by molar-refractivity contribution is 0.389. The van der Waals surface area contributed by atoms with Gasteiger partial charge in [0.25, 0.3) is 5.56 Å². The first kappa shape index (κ1) is 15.2. The van der Waals surface area contributed by atoms with Crippen molar-refractivity contribution in [1.82, 2.24) is 4.57 Å². The average molecular weight is 328 g/mol. The molecule has 0 spiro atoms. The molecule has 0 radical (unpaired) electrons. The van der Waals surface area contributed by atoms with Crippen molar-refractivity contribution >= 4 is 11.6 Å². The second-order valence-electron chi connectivity index (χ2n) is 5.37. The zero-order valence-corrected chi connectivity index (χ0v) is 13.4. The first-order valence-electron chi connectivity index (χ1n) is 6.98. The van der Waals surface area contributed by atoms with E-state index in [1.165, 1.54) is 4.57 Å². The Balaban J connectivity index is 2.39. The van der Waals surface area contributed by atoms with Crippen molar-refractivity contribution in [2.75, 3.05) is 0 Å². The van der Waals surface area contributed by atoms with Crippen LogP contribution in [0.5, 0.6) is 5.75 Å². The molecule has 0 bridgehead atoms. The summed E-state index contributed by atoms with van der Waals surface area (Å²) in [4.78, 5) is 12.8. The minimum absolute atomic E-state index is 0.00225. The first-order valence-corrected chi connectivity index (χ1v) is 7.36. The molecule has 1 atom stereocenters. The van der Waals surface area contributed by atoms with E-state index in [9.17, 15) is 10.1 Å². The van der Waals surface area contributed by atoms with Crippen LogP contribution in [0.2, 0.25) is 5.02 Å². The largest absolute Gasteiger partial charge is 0.440 e. The van der Waals surface area contributed by atoms with E-state index in [4.69, 9.17) is 22.1 Å². The van der Waals surface area contributed by atoms with E-state index in [1.54, 1.807) is 44.3 Å². The number of rotatable bonds is 1.